The highest BCUT2D eigenvalue weighted by molar-refractivity contribution is 5.34. The monoisotopic (exact) mass is 317 g/mol. The minimum absolute atomic E-state index is 0.848. The van der Waals surface area contributed by atoms with Crippen molar-refractivity contribution in [1.82, 2.24) is 15.0 Å². The minimum atomic E-state index is 0.848. The Kier molecular flexibility index (Phi) is 4.70. The summed E-state index contributed by atoms with van der Waals surface area (Å²) in [5.74, 6) is 0. The van der Waals surface area contributed by atoms with Crippen LogP contribution in [0, 0.1) is 27.7 Å². The van der Waals surface area contributed by atoms with E-state index in [1.54, 1.807) is 0 Å². The van der Waals surface area contributed by atoms with E-state index in [0.717, 1.165) is 29.9 Å². The molecule has 3 heteroatoms. The molecule has 0 amide bonds. The molecule has 0 N–H and O–H groups in total. The molecule has 0 fully saturated rings. The summed E-state index contributed by atoms with van der Waals surface area (Å²) in [5, 5.41) is 0. The van der Waals surface area contributed by atoms with Gasteiger partial charge in [0.15, 0.2) is 0 Å². The van der Waals surface area contributed by atoms with Gasteiger partial charge in [-0.1, -0.05) is 6.07 Å². The highest BCUT2D eigenvalue weighted by atomic mass is 14.7. The fraction of sp³-hybridized carbons (Fsp3) is 0.286. The molecule has 3 aromatic rings. The van der Waals surface area contributed by atoms with Crippen molar-refractivity contribution in [3.63, 3.8) is 0 Å². The normalized spacial score (nSPS) is 10.8. The fourth-order valence-electron chi connectivity index (χ4n) is 2.98. The molecule has 0 saturated heterocycles. The van der Waals surface area contributed by atoms with Crippen LogP contribution in [-0.2, 0) is 12.8 Å². The van der Waals surface area contributed by atoms with E-state index >= 15 is 0 Å². The van der Waals surface area contributed by atoms with Crippen LogP contribution >= 0.6 is 0 Å². The molecule has 0 saturated carbocycles. The van der Waals surface area contributed by atoms with E-state index < -0.39 is 0 Å². The number of hydrogen-bond acceptors (Lipinski definition) is 3. The third-order valence-electron chi connectivity index (χ3n) is 4.33. The largest absolute Gasteiger partial charge is 0.262 e. The zero-order valence-corrected chi connectivity index (χ0v) is 14.8. The first kappa shape index (κ1) is 16.3. The highest BCUT2D eigenvalue weighted by Crippen LogP contribution is 2.17. The van der Waals surface area contributed by atoms with Crippen LogP contribution in [-0.4, -0.2) is 15.0 Å². The molecular formula is C21H23N3. The van der Waals surface area contributed by atoms with Crippen molar-refractivity contribution in [3.05, 3.63) is 87.8 Å². The van der Waals surface area contributed by atoms with Crippen molar-refractivity contribution in [2.24, 2.45) is 0 Å². The lowest BCUT2D eigenvalue weighted by molar-refractivity contribution is 0.996. The molecule has 0 aromatic carbocycles. The Balaban J connectivity index is 1.79. The SMILES string of the molecule is Cc1cc(Cc2ncc(Cc3cnc(C)cc3C)cc2C)ccn1. The van der Waals surface area contributed by atoms with Crippen molar-refractivity contribution in [3.8, 4) is 0 Å². The average molecular weight is 317 g/mol. The molecule has 0 unspecified atom stereocenters. The van der Waals surface area contributed by atoms with E-state index in [1.807, 2.05) is 32.4 Å². The van der Waals surface area contributed by atoms with Crippen molar-refractivity contribution < 1.29 is 0 Å². The maximum absolute atomic E-state index is 4.71. The predicted octanol–water partition coefficient (Wildman–Crippen LogP) is 4.29. The lowest BCUT2D eigenvalue weighted by Crippen LogP contribution is -2.00. The van der Waals surface area contributed by atoms with E-state index in [2.05, 4.69) is 48.1 Å². The van der Waals surface area contributed by atoms with Gasteiger partial charge in [0.1, 0.15) is 0 Å². The number of pyridine rings is 3. The van der Waals surface area contributed by atoms with Crippen LogP contribution in [0.4, 0.5) is 0 Å². The van der Waals surface area contributed by atoms with Crippen LogP contribution in [0.5, 0.6) is 0 Å². The zero-order valence-electron chi connectivity index (χ0n) is 14.8. The Morgan fingerprint density at radius 3 is 2.21 bits per heavy atom. The zero-order chi connectivity index (χ0) is 17.1. The second kappa shape index (κ2) is 6.91. The summed E-state index contributed by atoms with van der Waals surface area (Å²) in [6, 6.07) is 8.56. The summed E-state index contributed by atoms with van der Waals surface area (Å²) < 4.78 is 0. The van der Waals surface area contributed by atoms with Gasteiger partial charge in [-0.2, -0.15) is 0 Å². The molecule has 24 heavy (non-hydrogen) atoms. The molecule has 0 aliphatic carbocycles. The quantitative estimate of drug-likeness (QED) is 0.720. The first-order chi connectivity index (χ1) is 11.5. The van der Waals surface area contributed by atoms with Crippen LogP contribution in [0.3, 0.4) is 0 Å². The second-order valence-electron chi connectivity index (χ2n) is 6.52. The molecule has 0 bridgehead atoms. The van der Waals surface area contributed by atoms with Crippen LogP contribution < -0.4 is 0 Å². The van der Waals surface area contributed by atoms with Gasteiger partial charge in [0.05, 0.1) is 0 Å². The van der Waals surface area contributed by atoms with E-state index in [-0.39, 0.29) is 0 Å². The average Bonchev–Trinajstić information content (AvgIpc) is 2.53. The van der Waals surface area contributed by atoms with Gasteiger partial charge in [-0.05, 0) is 73.7 Å². The Morgan fingerprint density at radius 2 is 1.50 bits per heavy atom. The van der Waals surface area contributed by atoms with Crippen LogP contribution in [0.15, 0.2) is 42.9 Å². The molecule has 3 aromatic heterocycles. The number of aromatic nitrogens is 3. The number of nitrogens with zero attached hydrogens (tertiary/aromatic N) is 3. The summed E-state index contributed by atoms with van der Waals surface area (Å²) in [4.78, 5) is 13.4. The smallest absolute Gasteiger partial charge is 0.0476 e. The van der Waals surface area contributed by atoms with Gasteiger partial charge in [-0.25, -0.2) is 0 Å². The summed E-state index contributed by atoms with van der Waals surface area (Å²) in [5.41, 5.74) is 9.51. The number of rotatable bonds is 4. The molecule has 3 nitrogen and oxygen atoms in total. The predicted molar refractivity (Wildman–Crippen MR) is 97.3 cm³/mol. The Hall–Kier alpha value is -2.55. The second-order valence-corrected chi connectivity index (χ2v) is 6.52. The van der Waals surface area contributed by atoms with Crippen molar-refractivity contribution in [2.75, 3.05) is 0 Å². The van der Waals surface area contributed by atoms with Gasteiger partial charge in [0.2, 0.25) is 0 Å². The summed E-state index contributed by atoms with van der Waals surface area (Å²) >= 11 is 0. The van der Waals surface area contributed by atoms with Crippen molar-refractivity contribution >= 4 is 0 Å². The number of aryl methyl sites for hydroxylation is 4. The Labute approximate surface area is 143 Å². The van der Waals surface area contributed by atoms with Gasteiger partial charge in [0.25, 0.3) is 0 Å². The lowest BCUT2D eigenvalue weighted by Gasteiger charge is -2.10. The van der Waals surface area contributed by atoms with Crippen LogP contribution in [0.2, 0.25) is 0 Å². The van der Waals surface area contributed by atoms with Crippen LogP contribution in [0.25, 0.3) is 0 Å². The standard InChI is InChI=1S/C21H23N3/c1-14-7-16(3)23-13-20(14)10-19-8-15(2)21(24-12-19)11-18-5-6-22-17(4)9-18/h5-9,12-13H,10-11H2,1-4H3. The van der Waals surface area contributed by atoms with Gasteiger partial charge in [0, 0.05) is 48.5 Å². The third-order valence-corrected chi connectivity index (χ3v) is 4.33. The van der Waals surface area contributed by atoms with Gasteiger partial charge in [-0.3, -0.25) is 15.0 Å². The molecule has 122 valence electrons. The van der Waals surface area contributed by atoms with E-state index in [0.29, 0.717) is 0 Å². The summed E-state index contributed by atoms with van der Waals surface area (Å²) in [7, 11) is 0. The maximum Gasteiger partial charge on any atom is 0.0476 e. The molecule has 0 aliphatic heterocycles. The first-order valence-electron chi connectivity index (χ1n) is 8.29. The molecule has 0 aliphatic rings. The van der Waals surface area contributed by atoms with E-state index in [1.165, 1.54) is 27.8 Å². The Bertz CT molecular complexity index is 869. The fourth-order valence-corrected chi connectivity index (χ4v) is 2.98. The lowest BCUT2D eigenvalue weighted by atomic mass is 10.00. The minimum Gasteiger partial charge on any atom is -0.262 e. The van der Waals surface area contributed by atoms with Gasteiger partial charge >= 0.3 is 0 Å². The third kappa shape index (κ3) is 3.85. The molecule has 3 heterocycles. The van der Waals surface area contributed by atoms with Crippen LogP contribution in [0.1, 0.15) is 44.9 Å². The molecule has 0 spiro atoms. The Morgan fingerprint density at radius 1 is 0.708 bits per heavy atom. The summed E-state index contributed by atoms with van der Waals surface area (Å²) in [6.07, 6.45) is 7.56. The topological polar surface area (TPSA) is 38.7 Å². The highest BCUT2D eigenvalue weighted by Gasteiger charge is 2.07. The van der Waals surface area contributed by atoms with Crippen molar-refractivity contribution in [2.45, 2.75) is 40.5 Å². The van der Waals surface area contributed by atoms with Gasteiger partial charge in [-0.15, -0.1) is 0 Å². The molecule has 3 rings (SSSR count). The van der Waals surface area contributed by atoms with Gasteiger partial charge < -0.3 is 0 Å². The first-order valence-corrected chi connectivity index (χ1v) is 8.29. The molecule has 0 radical (unpaired) electrons. The van der Waals surface area contributed by atoms with Crippen molar-refractivity contribution in [1.29, 1.82) is 0 Å². The molecule has 0 atom stereocenters. The molecular weight excluding hydrogens is 294 g/mol. The maximum atomic E-state index is 4.71. The van der Waals surface area contributed by atoms with E-state index in [9.17, 15) is 0 Å². The summed E-state index contributed by atoms with van der Waals surface area (Å²) in [6.45, 7) is 8.33. The van der Waals surface area contributed by atoms with E-state index in [4.69, 9.17) is 4.98 Å². The number of hydrogen-bond donors (Lipinski definition) is 0.